The van der Waals surface area contributed by atoms with Crippen LogP contribution in [0.1, 0.15) is 38.8 Å². The van der Waals surface area contributed by atoms with Gasteiger partial charge in [-0.3, -0.25) is 9.82 Å². The van der Waals surface area contributed by atoms with E-state index in [-0.39, 0.29) is 10.3 Å². The van der Waals surface area contributed by atoms with Crippen LogP contribution in [-0.2, 0) is 21.9 Å². The van der Waals surface area contributed by atoms with Gasteiger partial charge < -0.3 is 0 Å². The molecule has 0 aliphatic rings. The van der Waals surface area contributed by atoms with Gasteiger partial charge in [0.05, 0.1) is 11.1 Å². The van der Waals surface area contributed by atoms with Crippen molar-refractivity contribution in [3.8, 4) is 0 Å². The highest BCUT2D eigenvalue weighted by Gasteiger charge is 2.19. The second-order valence-corrected chi connectivity index (χ2v) is 7.69. The summed E-state index contributed by atoms with van der Waals surface area (Å²) >= 11 is 0. The van der Waals surface area contributed by atoms with Gasteiger partial charge in [0.25, 0.3) is 10.0 Å². The summed E-state index contributed by atoms with van der Waals surface area (Å²) in [6.45, 7) is 8.22. The smallest absolute Gasteiger partial charge is 0.263 e. The minimum atomic E-state index is -3.60. The minimum absolute atomic E-state index is 0.00548. The number of nitrogens with zero attached hydrogens (tertiary/aromatic N) is 1. The van der Waals surface area contributed by atoms with Crippen molar-refractivity contribution < 1.29 is 8.42 Å². The first-order valence-electron chi connectivity index (χ1n) is 6.89. The van der Waals surface area contributed by atoms with Crippen molar-refractivity contribution in [2.75, 3.05) is 4.72 Å². The molecule has 2 rings (SSSR count). The molecule has 5 nitrogen and oxygen atoms in total. The predicted octanol–water partition coefficient (Wildman–Crippen LogP) is 3.07. The van der Waals surface area contributed by atoms with Crippen LogP contribution in [0.3, 0.4) is 0 Å². The van der Waals surface area contributed by atoms with E-state index in [4.69, 9.17) is 0 Å². The zero-order valence-electron chi connectivity index (χ0n) is 12.8. The Labute approximate surface area is 125 Å². The van der Waals surface area contributed by atoms with Crippen molar-refractivity contribution in [2.24, 2.45) is 0 Å². The highest BCUT2D eigenvalue weighted by Crippen LogP contribution is 2.24. The largest absolute Gasteiger partial charge is 0.264 e. The summed E-state index contributed by atoms with van der Waals surface area (Å²) in [6.07, 6.45) is 2.33. The van der Waals surface area contributed by atoms with Crippen molar-refractivity contribution >= 4 is 15.8 Å². The first-order chi connectivity index (χ1) is 9.74. The van der Waals surface area contributed by atoms with E-state index in [9.17, 15) is 8.42 Å². The molecule has 0 fully saturated rings. The van der Waals surface area contributed by atoms with Crippen molar-refractivity contribution in [2.45, 2.75) is 44.4 Å². The second-order valence-electron chi connectivity index (χ2n) is 6.00. The number of benzene rings is 1. The lowest BCUT2D eigenvalue weighted by Crippen LogP contribution is -2.15. The van der Waals surface area contributed by atoms with Gasteiger partial charge in [-0.05, 0) is 29.5 Å². The molecular formula is C15H21N3O2S. The number of H-pyrrole nitrogens is 1. The number of anilines is 1. The Balaban J connectivity index is 2.28. The number of nitrogens with one attached hydrogen (secondary N) is 2. The maximum absolute atomic E-state index is 12.4. The van der Waals surface area contributed by atoms with E-state index in [0.717, 1.165) is 11.1 Å². The van der Waals surface area contributed by atoms with E-state index in [1.807, 2.05) is 19.1 Å². The first-order valence-corrected chi connectivity index (χ1v) is 8.38. The third-order valence-corrected chi connectivity index (χ3v) is 4.73. The van der Waals surface area contributed by atoms with Gasteiger partial charge in [0.15, 0.2) is 0 Å². The maximum Gasteiger partial charge on any atom is 0.263 e. The number of rotatable bonds is 4. The molecule has 0 saturated heterocycles. The summed E-state index contributed by atoms with van der Waals surface area (Å²) < 4.78 is 27.3. The Bertz CT molecular complexity index is 710. The average Bonchev–Trinajstić information content (AvgIpc) is 2.84. The molecule has 1 heterocycles. The zero-order chi connectivity index (χ0) is 15.7. The second kappa shape index (κ2) is 5.52. The third-order valence-electron chi connectivity index (χ3n) is 3.37. The Hall–Kier alpha value is -1.82. The molecule has 0 saturated carbocycles. The third kappa shape index (κ3) is 3.44. The van der Waals surface area contributed by atoms with E-state index in [0.29, 0.717) is 12.2 Å². The fraction of sp³-hybridized carbons (Fsp3) is 0.400. The van der Waals surface area contributed by atoms with E-state index >= 15 is 0 Å². The fourth-order valence-corrected chi connectivity index (χ4v) is 3.05. The minimum Gasteiger partial charge on any atom is -0.264 e. The molecule has 6 heteroatoms. The molecule has 2 aromatic rings. The molecule has 21 heavy (non-hydrogen) atoms. The summed E-state index contributed by atoms with van der Waals surface area (Å²) in [5.41, 5.74) is 1.93. The zero-order valence-corrected chi connectivity index (χ0v) is 13.6. The topological polar surface area (TPSA) is 74.8 Å². The summed E-state index contributed by atoms with van der Waals surface area (Å²) in [6, 6.07) is 6.96. The van der Waals surface area contributed by atoms with Crippen molar-refractivity contribution in [1.29, 1.82) is 0 Å². The van der Waals surface area contributed by atoms with Gasteiger partial charge in [-0.2, -0.15) is 5.10 Å². The Morgan fingerprint density at radius 2 is 1.81 bits per heavy atom. The summed E-state index contributed by atoms with van der Waals surface area (Å²) in [4.78, 5) is 0.243. The molecule has 1 aromatic heterocycles. The van der Waals surface area contributed by atoms with Crippen LogP contribution in [0, 0.1) is 0 Å². The number of aromatic nitrogens is 2. The maximum atomic E-state index is 12.4. The van der Waals surface area contributed by atoms with Crippen LogP contribution in [0.25, 0.3) is 0 Å². The SMILES string of the molecule is CCc1cn[nH]c1NS(=O)(=O)c1ccc(C(C)(C)C)cc1. The molecule has 0 bridgehead atoms. The van der Waals surface area contributed by atoms with Gasteiger partial charge in [-0.1, -0.05) is 39.8 Å². The van der Waals surface area contributed by atoms with Crippen molar-refractivity contribution in [1.82, 2.24) is 10.2 Å². The lowest BCUT2D eigenvalue weighted by atomic mass is 9.87. The van der Waals surface area contributed by atoms with E-state index in [2.05, 4.69) is 35.7 Å². The van der Waals surface area contributed by atoms with Crippen LogP contribution in [-0.4, -0.2) is 18.6 Å². The molecule has 0 radical (unpaired) electrons. The lowest BCUT2D eigenvalue weighted by Gasteiger charge is -2.19. The number of sulfonamides is 1. The van der Waals surface area contributed by atoms with Crippen LogP contribution in [0.5, 0.6) is 0 Å². The Kier molecular flexibility index (Phi) is 4.09. The van der Waals surface area contributed by atoms with Crippen molar-refractivity contribution in [3.63, 3.8) is 0 Å². The predicted molar refractivity (Wildman–Crippen MR) is 83.9 cm³/mol. The first kappa shape index (κ1) is 15.6. The normalized spacial score (nSPS) is 12.4. The molecule has 0 aliphatic heterocycles. The molecule has 0 atom stereocenters. The number of aryl methyl sites for hydroxylation is 1. The van der Waals surface area contributed by atoms with Crippen molar-refractivity contribution in [3.05, 3.63) is 41.6 Å². The van der Waals surface area contributed by atoms with E-state index < -0.39 is 10.0 Å². The molecule has 0 spiro atoms. The van der Waals surface area contributed by atoms with E-state index in [1.165, 1.54) is 0 Å². The Morgan fingerprint density at radius 3 is 2.33 bits per heavy atom. The van der Waals surface area contributed by atoms with Gasteiger partial charge in [0, 0.05) is 5.56 Å². The van der Waals surface area contributed by atoms with Crippen LogP contribution in [0.4, 0.5) is 5.82 Å². The molecule has 1 aromatic carbocycles. The molecule has 0 aliphatic carbocycles. The van der Waals surface area contributed by atoms with Crippen LogP contribution in [0.2, 0.25) is 0 Å². The molecular weight excluding hydrogens is 286 g/mol. The molecule has 114 valence electrons. The van der Waals surface area contributed by atoms with Gasteiger partial charge in [0.2, 0.25) is 0 Å². The quantitative estimate of drug-likeness (QED) is 0.911. The summed E-state index contributed by atoms with van der Waals surface area (Å²) in [5.74, 6) is 0.428. The average molecular weight is 307 g/mol. The van der Waals surface area contributed by atoms with Gasteiger partial charge in [0.1, 0.15) is 5.82 Å². The van der Waals surface area contributed by atoms with Crippen LogP contribution in [0.15, 0.2) is 35.4 Å². The van der Waals surface area contributed by atoms with Gasteiger partial charge in [-0.25, -0.2) is 8.42 Å². The fourth-order valence-electron chi connectivity index (χ4n) is 1.99. The van der Waals surface area contributed by atoms with Gasteiger partial charge >= 0.3 is 0 Å². The molecule has 0 unspecified atom stereocenters. The number of hydrogen-bond acceptors (Lipinski definition) is 3. The number of hydrogen-bond donors (Lipinski definition) is 2. The highest BCUT2D eigenvalue weighted by atomic mass is 32.2. The summed E-state index contributed by atoms with van der Waals surface area (Å²) in [5, 5.41) is 6.54. The lowest BCUT2D eigenvalue weighted by molar-refractivity contribution is 0.587. The van der Waals surface area contributed by atoms with Crippen LogP contribution >= 0.6 is 0 Å². The highest BCUT2D eigenvalue weighted by molar-refractivity contribution is 7.92. The van der Waals surface area contributed by atoms with E-state index in [1.54, 1.807) is 18.3 Å². The van der Waals surface area contributed by atoms with Gasteiger partial charge in [-0.15, -0.1) is 0 Å². The molecule has 2 N–H and O–H groups in total. The summed E-state index contributed by atoms with van der Waals surface area (Å²) in [7, 11) is -3.60. The molecule has 0 amide bonds. The number of aromatic amines is 1. The standard InChI is InChI=1S/C15H21N3O2S/c1-5-11-10-16-17-14(11)18-21(19,20)13-8-6-12(7-9-13)15(2,3)4/h6-10H,5H2,1-4H3,(H2,16,17,18). The monoisotopic (exact) mass is 307 g/mol. The Morgan fingerprint density at radius 1 is 1.19 bits per heavy atom. The van der Waals surface area contributed by atoms with Crippen LogP contribution < -0.4 is 4.72 Å².